The van der Waals surface area contributed by atoms with Crippen molar-refractivity contribution >= 4 is 17.8 Å². The van der Waals surface area contributed by atoms with Crippen molar-refractivity contribution in [2.45, 2.75) is 6.18 Å². The van der Waals surface area contributed by atoms with Gasteiger partial charge in [-0.3, -0.25) is 4.79 Å². The third kappa shape index (κ3) is 3.16. The number of nitrogens with one attached hydrogen (secondary N) is 1. The van der Waals surface area contributed by atoms with E-state index in [1.165, 1.54) is 0 Å². The van der Waals surface area contributed by atoms with Crippen LogP contribution in [0, 0.1) is 5.82 Å². The zero-order chi connectivity index (χ0) is 19.1. The molecule has 0 radical (unpaired) electrons. The van der Waals surface area contributed by atoms with Gasteiger partial charge in [0.25, 0.3) is 5.56 Å². The fourth-order valence-corrected chi connectivity index (χ4v) is 2.24. The topological polar surface area (TPSA) is 133 Å². The van der Waals surface area contributed by atoms with Crippen molar-refractivity contribution in [3.8, 4) is 11.1 Å². The number of anilines is 1. The summed E-state index contributed by atoms with van der Waals surface area (Å²) in [5.41, 5.74) is -0.884. The van der Waals surface area contributed by atoms with Crippen molar-refractivity contribution < 1.29 is 37.4 Å². The van der Waals surface area contributed by atoms with Crippen LogP contribution in [0.25, 0.3) is 11.1 Å². The van der Waals surface area contributed by atoms with Crippen LogP contribution in [-0.4, -0.2) is 27.1 Å². The minimum atomic E-state index is -5.01. The minimum absolute atomic E-state index is 0.288. The van der Waals surface area contributed by atoms with Crippen LogP contribution in [0.4, 0.5) is 23.4 Å². The van der Waals surface area contributed by atoms with E-state index < -0.39 is 63.1 Å². The van der Waals surface area contributed by atoms with Gasteiger partial charge in [0.1, 0.15) is 22.8 Å². The predicted molar refractivity (Wildman–Crippen MR) is 75.8 cm³/mol. The number of carboxylic acids is 2. The second kappa shape index (κ2) is 5.92. The Balaban J connectivity index is 2.91. The number of carbonyl (C=O) groups is 2. The number of hydrogen-bond acceptors (Lipinski definition) is 4. The number of alkyl halides is 3. The van der Waals surface area contributed by atoms with Crippen LogP contribution in [0.3, 0.4) is 0 Å². The Labute approximate surface area is 135 Å². The molecule has 5 N–H and O–H groups in total. The molecule has 0 atom stereocenters. The molecule has 0 bridgehead atoms. The highest BCUT2D eigenvalue weighted by Gasteiger charge is 2.35. The monoisotopic (exact) mass is 360 g/mol. The fourth-order valence-electron chi connectivity index (χ4n) is 2.24. The number of nitrogens with two attached hydrogens (primary N) is 1. The summed E-state index contributed by atoms with van der Waals surface area (Å²) in [6.45, 7) is 0. The summed E-state index contributed by atoms with van der Waals surface area (Å²) in [7, 11) is 0. The molecule has 1 aromatic carbocycles. The molecular weight excluding hydrogens is 352 g/mol. The lowest BCUT2D eigenvalue weighted by molar-refractivity contribution is -0.139. The van der Waals surface area contributed by atoms with E-state index in [1.807, 2.05) is 4.98 Å². The molecule has 2 rings (SSSR count). The lowest BCUT2D eigenvalue weighted by atomic mass is 9.94. The van der Waals surface area contributed by atoms with Gasteiger partial charge in [-0.05, 0) is 17.7 Å². The van der Waals surface area contributed by atoms with Gasteiger partial charge in [-0.15, -0.1) is 0 Å². The van der Waals surface area contributed by atoms with E-state index in [2.05, 4.69) is 0 Å². The van der Waals surface area contributed by atoms with Gasteiger partial charge in [0.15, 0.2) is 0 Å². The van der Waals surface area contributed by atoms with Crippen molar-refractivity contribution in [3.63, 3.8) is 0 Å². The fraction of sp³-hybridized carbons (Fsp3) is 0.0714. The van der Waals surface area contributed by atoms with Crippen LogP contribution in [0.15, 0.2) is 23.0 Å². The molecule has 0 unspecified atom stereocenters. The number of H-pyrrole nitrogens is 1. The number of benzene rings is 1. The summed E-state index contributed by atoms with van der Waals surface area (Å²) in [6.07, 6.45) is -5.01. The maximum absolute atomic E-state index is 13.8. The molecule has 1 heterocycles. The number of carboxylic acid groups (broad SMARTS) is 2. The number of hydrogen-bond donors (Lipinski definition) is 4. The molecule has 0 fully saturated rings. The van der Waals surface area contributed by atoms with E-state index in [-0.39, 0.29) is 6.07 Å². The maximum atomic E-state index is 13.8. The van der Waals surface area contributed by atoms with Crippen LogP contribution < -0.4 is 11.3 Å². The Bertz CT molecular complexity index is 949. The summed E-state index contributed by atoms with van der Waals surface area (Å²) in [4.78, 5) is 36.2. The van der Waals surface area contributed by atoms with Gasteiger partial charge in [0.05, 0.1) is 5.56 Å². The van der Waals surface area contributed by atoms with Crippen LogP contribution in [0.2, 0.25) is 0 Å². The number of aromatic nitrogens is 1. The van der Waals surface area contributed by atoms with Crippen molar-refractivity contribution in [2.24, 2.45) is 0 Å². The second-order valence-electron chi connectivity index (χ2n) is 4.80. The zero-order valence-corrected chi connectivity index (χ0v) is 11.9. The van der Waals surface area contributed by atoms with E-state index in [4.69, 9.17) is 10.8 Å². The molecule has 132 valence electrons. The molecule has 7 nitrogen and oxygen atoms in total. The van der Waals surface area contributed by atoms with Gasteiger partial charge in [0, 0.05) is 5.56 Å². The first-order chi connectivity index (χ1) is 11.4. The van der Waals surface area contributed by atoms with Crippen LogP contribution in [0.5, 0.6) is 0 Å². The van der Waals surface area contributed by atoms with Crippen molar-refractivity contribution in [3.05, 3.63) is 51.1 Å². The normalized spacial score (nSPS) is 11.4. The molecule has 0 amide bonds. The number of aromatic carboxylic acids is 2. The SMILES string of the molecule is Nc1[nH]c(=O)c(C(=O)O)c(-c2ccc(C(F)(F)F)c(F)c2)c1C(=O)O. The Morgan fingerprint density at radius 3 is 2.08 bits per heavy atom. The van der Waals surface area contributed by atoms with Gasteiger partial charge < -0.3 is 20.9 Å². The third-order valence-electron chi connectivity index (χ3n) is 3.24. The number of nitrogen functional groups attached to an aromatic ring is 1. The Morgan fingerprint density at radius 2 is 1.64 bits per heavy atom. The molecule has 2 aromatic rings. The lowest BCUT2D eigenvalue weighted by Gasteiger charge is -2.14. The Hall–Kier alpha value is -3.37. The largest absolute Gasteiger partial charge is 0.478 e. The molecule has 0 saturated carbocycles. The number of halogens is 4. The molecule has 0 aliphatic heterocycles. The average Bonchev–Trinajstić information content (AvgIpc) is 2.43. The third-order valence-corrected chi connectivity index (χ3v) is 3.24. The molecule has 0 aliphatic carbocycles. The highest BCUT2D eigenvalue weighted by atomic mass is 19.4. The zero-order valence-electron chi connectivity index (χ0n) is 11.9. The quantitative estimate of drug-likeness (QED) is 0.620. The molecule has 11 heteroatoms. The summed E-state index contributed by atoms with van der Waals surface area (Å²) in [6, 6.07) is 1.24. The molecule has 1 aromatic heterocycles. The van der Waals surface area contributed by atoms with Crippen molar-refractivity contribution in [1.82, 2.24) is 4.98 Å². The average molecular weight is 360 g/mol. The van der Waals surface area contributed by atoms with Crippen LogP contribution >= 0.6 is 0 Å². The minimum Gasteiger partial charge on any atom is -0.478 e. The van der Waals surface area contributed by atoms with Gasteiger partial charge in [-0.2, -0.15) is 13.2 Å². The van der Waals surface area contributed by atoms with Crippen molar-refractivity contribution in [2.75, 3.05) is 5.73 Å². The van der Waals surface area contributed by atoms with E-state index in [0.29, 0.717) is 12.1 Å². The summed E-state index contributed by atoms with van der Waals surface area (Å²) < 4.78 is 51.6. The van der Waals surface area contributed by atoms with Crippen LogP contribution in [-0.2, 0) is 6.18 Å². The van der Waals surface area contributed by atoms with Gasteiger partial charge in [-0.1, -0.05) is 6.07 Å². The molecular formula is C14H8F4N2O5. The van der Waals surface area contributed by atoms with E-state index in [1.54, 1.807) is 0 Å². The second-order valence-corrected chi connectivity index (χ2v) is 4.80. The van der Waals surface area contributed by atoms with Gasteiger partial charge in [0.2, 0.25) is 0 Å². The molecule has 0 aliphatic rings. The first kappa shape index (κ1) is 18.0. The smallest absolute Gasteiger partial charge is 0.419 e. The number of aromatic amines is 1. The van der Waals surface area contributed by atoms with Gasteiger partial charge >= 0.3 is 18.1 Å². The first-order valence-electron chi connectivity index (χ1n) is 6.34. The predicted octanol–water partition coefficient (Wildman–Crippen LogP) is 2.18. The molecule has 0 spiro atoms. The summed E-state index contributed by atoms with van der Waals surface area (Å²) in [5.74, 6) is -6.11. The Kier molecular flexibility index (Phi) is 4.26. The molecule has 0 saturated heterocycles. The van der Waals surface area contributed by atoms with E-state index >= 15 is 0 Å². The van der Waals surface area contributed by atoms with Gasteiger partial charge in [-0.25, -0.2) is 14.0 Å². The first-order valence-corrected chi connectivity index (χ1v) is 6.34. The molecule has 25 heavy (non-hydrogen) atoms. The summed E-state index contributed by atoms with van der Waals surface area (Å²) in [5, 5.41) is 18.3. The van der Waals surface area contributed by atoms with E-state index in [9.17, 15) is 37.1 Å². The standard InChI is InChI=1S/C14H8F4N2O5/c15-6-3-4(1-2-5(6)14(16,17)18)7-8(12(22)23)10(19)20-11(21)9(7)13(24)25/h1-3H,(H,22,23)(H,24,25)(H3,19,20,21). The Morgan fingerprint density at radius 1 is 1.08 bits per heavy atom. The highest BCUT2D eigenvalue weighted by Crippen LogP contribution is 2.35. The van der Waals surface area contributed by atoms with Crippen molar-refractivity contribution in [1.29, 1.82) is 0 Å². The van der Waals surface area contributed by atoms with E-state index in [0.717, 1.165) is 0 Å². The lowest BCUT2D eigenvalue weighted by Crippen LogP contribution is -2.24. The maximum Gasteiger partial charge on any atom is 0.419 e. The number of rotatable bonds is 3. The highest BCUT2D eigenvalue weighted by molar-refractivity contribution is 6.07. The van der Waals surface area contributed by atoms with Crippen LogP contribution in [0.1, 0.15) is 26.3 Å². The number of pyridine rings is 1. The summed E-state index contributed by atoms with van der Waals surface area (Å²) >= 11 is 0.